The summed E-state index contributed by atoms with van der Waals surface area (Å²) >= 11 is 0. The molecule has 0 aliphatic carbocycles. The second kappa shape index (κ2) is 12.5. The minimum absolute atomic E-state index is 0.0808. The van der Waals surface area contributed by atoms with Gasteiger partial charge in [0.15, 0.2) is 0 Å². The van der Waals surface area contributed by atoms with Gasteiger partial charge in [-0.1, -0.05) is 72.8 Å². The quantitative estimate of drug-likeness (QED) is 0.169. The van der Waals surface area contributed by atoms with E-state index < -0.39 is 11.5 Å². The highest BCUT2D eigenvalue weighted by molar-refractivity contribution is 5.89. The summed E-state index contributed by atoms with van der Waals surface area (Å²) in [6, 6.07) is 26.1. The maximum Gasteiger partial charge on any atom is 0.343 e. The SMILES string of the molecule is O=C(Cc1ccccc1)N/N=C(\CCN1CCCC1)CC(c1ccccc1)c1c(O)c2ccccc2oc1=O. The van der Waals surface area contributed by atoms with Gasteiger partial charge in [-0.25, -0.2) is 10.2 Å². The Morgan fingerprint density at radius 1 is 0.949 bits per heavy atom. The summed E-state index contributed by atoms with van der Waals surface area (Å²) in [4.78, 5) is 28.4. The normalized spacial score (nSPS) is 14.9. The van der Waals surface area contributed by atoms with Crippen LogP contribution in [0.4, 0.5) is 0 Å². The number of rotatable bonds is 10. The van der Waals surface area contributed by atoms with Crippen LogP contribution < -0.4 is 11.1 Å². The summed E-state index contributed by atoms with van der Waals surface area (Å²) in [6.07, 6.45) is 3.56. The molecule has 1 atom stereocenters. The van der Waals surface area contributed by atoms with Gasteiger partial charge in [0.25, 0.3) is 0 Å². The van der Waals surface area contributed by atoms with E-state index in [2.05, 4.69) is 15.4 Å². The highest BCUT2D eigenvalue weighted by atomic mass is 16.4. The van der Waals surface area contributed by atoms with Crippen LogP contribution in [0, 0.1) is 0 Å². The average Bonchev–Trinajstić information content (AvgIpc) is 3.48. The molecule has 39 heavy (non-hydrogen) atoms. The molecule has 1 aliphatic rings. The Bertz CT molecular complexity index is 1490. The van der Waals surface area contributed by atoms with Crippen molar-refractivity contribution in [1.29, 1.82) is 0 Å². The minimum Gasteiger partial charge on any atom is -0.507 e. The van der Waals surface area contributed by atoms with E-state index in [1.54, 1.807) is 24.3 Å². The molecule has 0 radical (unpaired) electrons. The zero-order valence-electron chi connectivity index (χ0n) is 21.9. The van der Waals surface area contributed by atoms with Gasteiger partial charge >= 0.3 is 5.63 Å². The van der Waals surface area contributed by atoms with Crippen LogP contribution in [0.3, 0.4) is 0 Å². The van der Waals surface area contributed by atoms with E-state index in [4.69, 9.17) is 4.42 Å². The molecule has 1 unspecified atom stereocenters. The zero-order valence-corrected chi connectivity index (χ0v) is 21.9. The third-order valence-corrected chi connectivity index (χ3v) is 7.27. The van der Waals surface area contributed by atoms with Gasteiger partial charge < -0.3 is 14.4 Å². The van der Waals surface area contributed by atoms with E-state index in [9.17, 15) is 14.7 Å². The van der Waals surface area contributed by atoms with Gasteiger partial charge in [-0.3, -0.25) is 4.79 Å². The molecule has 1 aromatic heterocycles. The van der Waals surface area contributed by atoms with Gasteiger partial charge in [0.1, 0.15) is 11.3 Å². The lowest BCUT2D eigenvalue weighted by molar-refractivity contribution is -0.120. The van der Waals surface area contributed by atoms with Crippen molar-refractivity contribution in [2.45, 2.75) is 38.0 Å². The lowest BCUT2D eigenvalue weighted by Crippen LogP contribution is -2.27. The van der Waals surface area contributed by atoms with E-state index in [-0.39, 0.29) is 23.6 Å². The molecule has 5 rings (SSSR count). The number of amides is 1. The fourth-order valence-corrected chi connectivity index (χ4v) is 5.22. The molecular weight excluding hydrogens is 490 g/mol. The molecule has 4 aromatic rings. The summed E-state index contributed by atoms with van der Waals surface area (Å²) < 4.78 is 5.63. The first kappa shape index (κ1) is 26.4. The molecular formula is C32H33N3O4. The number of aromatic hydroxyl groups is 1. The molecule has 0 bridgehead atoms. The third kappa shape index (κ3) is 6.62. The first-order chi connectivity index (χ1) is 19.1. The van der Waals surface area contributed by atoms with Crippen molar-refractivity contribution in [2.75, 3.05) is 19.6 Å². The summed E-state index contributed by atoms with van der Waals surface area (Å²) in [5.41, 5.74) is 5.22. The predicted molar refractivity (Wildman–Crippen MR) is 153 cm³/mol. The highest BCUT2D eigenvalue weighted by Gasteiger charge is 2.27. The Labute approximate surface area is 227 Å². The maximum atomic E-state index is 13.2. The summed E-state index contributed by atoms with van der Waals surface area (Å²) in [6.45, 7) is 2.91. The van der Waals surface area contributed by atoms with Crippen molar-refractivity contribution in [2.24, 2.45) is 5.10 Å². The van der Waals surface area contributed by atoms with Crippen LogP contribution in [-0.2, 0) is 11.2 Å². The summed E-state index contributed by atoms with van der Waals surface area (Å²) in [7, 11) is 0. The van der Waals surface area contributed by atoms with Gasteiger partial charge in [-0.2, -0.15) is 5.10 Å². The van der Waals surface area contributed by atoms with E-state index in [1.165, 1.54) is 12.8 Å². The Kier molecular flexibility index (Phi) is 8.48. The number of benzene rings is 3. The number of nitrogens with one attached hydrogen (secondary N) is 1. The van der Waals surface area contributed by atoms with E-state index in [1.807, 2.05) is 60.7 Å². The fourth-order valence-electron chi connectivity index (χ4n) is 5.22. The number of fused-ring (bicyclic) bond motifs is 1. The predicted octanol–water partition coefficient (Wildman–Crippen LogP) is 5.22. The molecule has 7 heteroatoms. The molecule has 0 spiro atoms. The van der Waals surface area contributed by atoms with Crippen LogP contribution >= 0.6 is 0 Å². The van der Waals surface area contributed by atoms with Gasteiger partial charge in [0, 0.05) is 24.6 Å². The Morgan fingerprint density at radius 2 is 1.62 bits per heavy atom. The highest BCUT2D eigenvalue weighted by Crippen LogP contribution is 2.36. The zero-order chi connectivity index (χ0) is 27.0. The van der Waals surface area contributed by atoms with Gasteiger partial charge in [0.2, 0.25) is 5.91 Å². The van der Waals surface area contributed by atoms with E-state index in [0.29, 0.717) is 23.8 Å². The summed E-state index contributed by atoms with van der Waals surface area (Å²) in [5.74, 6) is -0.790. The maximum absolute atomic E-state index is 13.2. The molecule has 3 aromatic carbocycles. The summed E-state index contributed by atoms with van der Waals surface area (Å²) in [5, 5.41) is 16.3. The van der Waals surface area contributed by atoms with E-state index in [0.717, 1.165) is 36.5 Å². The molecule has 1 aliphatic heterocycles. The Hall–Kier alpha value is -4.23. The molecule has 2 heterocycles. The second-order valence-corrected chi connectivity index (χ2v) is 9.99. The van der Waals surface area contributed by atoms with Crippen molar-refractivity contribution in [3.05, 3.63) is 112 Å². The van der Waals surface area contributed by atoms with Crippen LogP contribution in [0.5, 0.6) is 5.75 Å². The lowest BCUT2D eigenvalue weighted by Gasteiger charge is -2.21. The van der Waals surface area contributed by atoms with Crippen molar-refractivity contribution in [1.82, 2.24) is 10.3 Å². The third-order valence-electron chi connectivity index (χ3n) is 7.27. The Morgan fingerprint density at radius 3 is 2.36 bits per heavy atom. The van der Waals surface area contributed by atoms with Crippen LogP contribution in [-0.4, -0.2) is 41.3 Å². The smallest absolute Gasteiger partial charge is 0.343 e. The molecule has 0 saturated carbocycles. The van der Waals surface area contributed by atoms with Crippen molar-refractivity contribution < 1.29 is 14.3 Å². The number of para-hydroxylation sites is 1. The first-order valence-corrected chi connectivity index (χ1v) is 13.5. The van der Waals surface area contributed by atoms with Crippen LogP contribution in [0.15, 0.2) is 99.2 Å². The topological polar surface area (TPSA) is 95.1 Å². The Balaban J connectivity index is 1.47. The van der Waals surface area contributed by atoms with Gasteiger partial charge in [-0.05, 0) is 55.6 Å². The van der Waals surface area contributed by atoms with Crippen molar-refractivity contribution in [3.63, 3.8) is 0 Å². The number of carbonyl (C=O) groups excluding carboxylic acids is 1. The minimum atomic E-state index is -0.577. The molecule has 1 saturated heterocycles. The monoisotopic (exact) mass is 523 g/mol. The number of hydrazone groups is 1. The molecule has 1 amide bonds. The van der Waals surface area contributed by atoms with Crippen LogP contribution in [0.2, 0.25) is 0 Å². The number of carbonyl (C=O) groups is 1. The fraction of sp³-hybridized carbons (Fsp3) is 0.281. The largest absolute Gasteiger partial charge is 0.507 e. The molecule has 200 valence electrons. The second-order valence-electron chi connectivity index (χ2n) is 9.99. The van der Waals surface area contributed by atoms with Gasteiger partial charge in [0.05, 0.1) is 17.4 Å². The van der Waals surface area contributed by atoms with Crippen LogP contribution in [0.25, 0.3) is 11.0 Å². The van der Waals surface area contributed by atoms with Crippen molar-refractivity contribution in [3.8, 4) is 5.75 Å². The first-order valence-electron chi connectivity index (χ1n) is 13.5. The number of hydrogen-bond acceptors (Lipinski definition) is 6. The number of hydrogen-bond donors (Lipinski definition) is 2. The lowest BCUT2D eigenvalue weighted by atomic mass is 9.86. The molecule has 1 fully saturated rings. The van der Waals surface area contributed by atoms with Crippen LogP contribution in [0.1, 0.15) is 48.3 Å². The molecule has 2 N–H and O–H groups in total. The number of nitrogens with zero attached hydrogens (tertiary/aromatic N) is 2. The standard InChI is InChI=1S/C32H33N3O4/c36-29(21-23-11-3-1-4-12-23)34-33-25(17-20-35-18-9-10-19-35)22-27(24-13-5-2-6-14-24)30-31(37)26-15-7-8-16-28(26)39-32(30)38/h1-8,11-16,27,37H,9-10,17-22H2,(H,34,36)/b33-25+. The number of likely N-dealkylation sites (tertiary alicyclic amines) is 1. The molecule has 7 nitrogen and oxygen atoms in total. The average molecular weight is 524 g/mol. The van der Waals surface area contributed by atoms with Crippen molar-refractivity contribution >= 4 is 22.6 Å². The van der Waals surface area contributed by atoms with E-state index >= 15 is 0 Å². The van der Waals surface area contributed by atoms with Gasteiger partial charge in [-0.15, -0.1) is 0 Å².